The summed E-state index contributed by atoms with van der Waals surface area (Å²) in [6.45, 7) is 3.84. The molecule has 110 valence electrons. The standard InChI is InChI=1S/C16H13BrN4O/c1-11-15(19-18-13-9-7-12(17)8-10-13)16(22)21(20-11)14-5-3-2-4-6-14/h2-10,18,20H,1H2. The van der Waals surface area contributed by atoms with Gasteiger partial charge >= 0.3 is 0 Å². The van der Waals surface area contributed by atoms with E-state index in [4.69, 9.17) is 0 Å². The highest BCUT2D eigenvalue weighted by Crippen LogP contribution is 2.19. The Morgan fingerprint density at radius 1 is 1.09 bits per heavy atom. The molecule has 0 bridgehead atoms. The molecule has 2 aromatic rings. The van der Waals surface area contributed by atoms with Crippen LogP contribution in [0, 0.1) is 0 Å². The van der Waals surface area contributed by atoms with Crippen LogP contribution in [0.1, 0.15) is 0 Å². The molecule has 2 aromatic carbocycles. The van der Waals surface area contributed by atoms with E-state index < -0.39 is 0 Å². The third-order valence-electron chi connectivity index (χ3n) is 3.09. The smallest absolute Gasteiger partial charge is 0.289 e. The number of hydrogen-bond acceptors (Lipinski definition) is 4. The molecular weight excluding hydrogens is 344 g/mol. The highest BCUT2D eigenvalue weighted by Gasteiger charge is 2.32. The number of rotatable bonds is 3. The third kappa shape index (κ3) is 2.87. The molecule has 1 saturated heterocycles. The zero-order valence-corrected chi connectivity index (χ0v) is 13.2. The van der Waals surface area contributed by atoms with Gasteiger partial charge in [-0.15, -0.1) is 0 Å². The average molecular weight is 357 g/mol. The van der Waals surface area contributed by atoms with Crippen LogP contribution in [0.5, 0.6) is 0 Å². The second-order valence-corrected chi connectivity index (χ2v) is 5.56. The lowest BCUT2D eigenvalue weighted by atomic mass is 10.3. The van der Waals surface area contributed by atoms with Gasteiger partial charge in [0.25, 0.3) is 5.91 Å². The topological polar surface area (TPSA) is 56.7 Å². The summed E-state index contributed by atoms with van der Waals surface area (Å²) in [6.07, 6.45) is 0. The van der Waals surface area contributed by atoms with E-state index in [0.717, 1.165) is 15.8 Å². The number of nitrogens with one attached hydrogen (secondary N) is 2. The number of halogens is 1. The van der Waals surface area contributed by atoms with Crippen molar-refractivity contribution in [1.82, 2.24) is 5.43 Å². The van der Waals surface area contributed by atoms with Gasteiger partial charge in [-0.25, -0.2) is 5.01 Å². The minimum atomic E-state index is -0.249. The summed E-state index contributed by atoms with van der Waals surface area (Å²) in [4.78, 5) is 12.4. The first-order valence-corrected chi connectivity index (χ1v) is 7.39. The van der Waals surface area contributed by atoms with E-state index in [1.807, 2.05) is 54.6 Å². The summed E-state index contributed by atoms with van der Waals surface area (Å²) in [7, 11) is 0. The SMILES string of the molecule is C=C1NN(c2ccccc2)C(=O)C1=NNc1ccc(Br)cc1. The maximum absolute atomic E-state index is 12.4. The van der Waals surface area contributed by atoms with Crippen LogP contribution in [0.4, 0.5) is 11.4 Å². The van der Waals surface area contributed by atoms with Crippen molar-refractivity contribution in [2.75, 3.05) is 10.4 Å². The van der Waals surface area contributed by atoms with E-state index in [0.29, 0.717) is 5.70 Å². The zero-order chi connectivity index (χ0) is 15.5. The number of para-hydroxylation sites is 1. The van der Waals surface area contributed by atoms with Crippen LogP contribution in [0.2, 0.25) is 0 Å². The maximum atomic E-state index is 12.4. The molecule has 1 fully saturated rings. The predicted molar refractivity (Wildman–Crippen MR) is 91.4 cm³/mol. The van der Waals surface area contributed by atoms with Crippen molar-refractivity contribution in [3.63, 3.8) is 0 Å². The molecule has 1 heterocycles. The highest BCUT2D eigenvalue weighted by atomic mass is 79.9. The molecule has 1 amide bonds. The quantitative estimate of drug-likeness (QED) is 0.829. The molecule has 2 N–H and O–H groups in total. The Morgan fingerprint density at radius 2 is 1.77 bits per heavy atom. The Balaban J connectivity index is 1.79. The predicted octanol–water partition coefficient (Wildman–Crippen LogP) is 3.28. The largest absolute Gasteiger partial charge is 0.299 e. The van der Waals surface area contributed by atoms with Crippen LogP contribution in [-0.4, -0.2) is 11.6 Å². The zero-order valence-electron chi connectivity index (χ0n) is 11.6. The molecule has 1 aliphatic heterocycles. The normalized spacial score (nSPS) is 16.0. The van der Waals surface area contributed by atoms with Gasteiger partial charge in [-0.1, -0.05) is 40.7 Å². The van der Waals surface area contributed by atoms with Crippen LogP contribution >= 0.6 is 15.9 Å². The fourth-order valence-electron chi connectivity index (χ4n) is 1.99. The van der Waals surface area contributed by atoms with Gasteiger partial charge in [-0.3, -0.25) is 15.6 Å². The molecule has 6 heteroatoms. The second kappa shape index (κ2) is 6.03. The van der Waals surface area contributed by atoms with Crippen LogP contribution in [0.25, 0.3) is 0 Å². The van der Waals surface area contributed by atoms with Gasteiger partial charge in [-0.2, -0.15) is 5.10 Å². The van der Waals surface area contributed by atoms with E-state index in [1.165, 1.54) is 5.01 Å². The molecule has 3 rings (SSSR count). The molecule has 0 saturated carbocycles. The average Bonchev–Trinajstić information content (AvgIpc) is 2.82. The maximum Gasteiger partial charge on any atom is 0.299 e. The number of nitrogens with zero attached hydrogens (tertiary/aromatic N) is 2. The van der Waals surface area contributed by atoms with E-state index in [-0.39, 0.29) is 11.6 Å². The summed E-state index contributed by atoms with van der Waals surface area (Å²) >= 11 is 3.37. The van der Waals surface area contributed by atoms with Gasteiger partial charge < -0.3 is 0 Å². The van der Waals surface area contributed by atoms with E-state index in [2.05, 4.69) is 38.5 Å². The van der Waals surface area contributed by atoms with Crippen LogP contribution in [0.3, 0.4) is 0 Å². The highest BCUT2D eigenvalue weighted by molar-refractivity contribution is 9.10. The fourth-order valence-corrected chi connectivity index (χ4v) is 2.26. The number of benzene rings is 2. The molecule has 0 aromatic heterocycles. The van der Waals surface area contributed by atoms with Crippen LogP contribution in [0.15, 0.2) is 76.4 Å². The van der Waals surface area contributed by atoms with Crippen molar-refractivity contribution in [2.45, 2.75) is 0 Å². The van der Waals surface area contributed by atoms with Crippen LogP contribution < -0.4 is 15.9 Å². The van der Waals surface area contributed by atoms with Crippen molar-refractivity contribution in [1.29, 1.82) is 0 Å². The van der Waals surface area contributed by atoms with Gasteiger partial charge in [0.1, 0.15) is 0 Å². The summed E-state index contributed by atoms with van der Waals surface area (Å²) in [5, 5.41) is 5.58. The first-order chi connectivity index (χ1) is 10.6. The number of hydrazine groups is 1. The number of hydrazone groups is 1. The molecule has 1 aliphatic rings. The van der Waals surface area contributed by atoms with Gasteiger partial charge in [0.2, 0.25) is 0 Å². The number of amides is 1. The van der Waals surface area contributed by atoms with Crippen molar-refractivity contribution in [2.24, 2.45) is 5.10 Å². The minimum absolute atomic E-state index is 0.249. The number of carbonyl (C=O) groups excluding carboxylic acids is 1. The summed E-state index contributed by atoms with van der Waals surface area (Å²) < 4.78 is 0.976. The summed E-state index contributed by atoms with van der Waals surface area (Å²) in [5.41, 5.74) is 8.03. The number of carbonyl (C=O) groups is 1. The van der Waals surface area contributed by atoms with Crippen molar-refractivity contribution in [3.8, 4) is 0 Å². The Bertz CT molecular complexity index is 741. The van der Waals surface area contributed by atoms with E-state index in [1.54, 1.807) is 0 Å². The Morgan fingerprint density at radius 3 is 2.45 bits per heavy atom. The molecular formula is C16H13BrN4O. The van der Waals surface area contributed by atoms with E-state index in [9.17, 15) is 4.79 Å². The molecule has 0 unspecified atom stereocenters. The van der Waals surface area contributed by atoms with Crippen molar-refractivity contribution < 1.29 is 4.79 Å². The molecule has 22 heavy (non-hydrogen) atoms. The third-order valence-corrected chi connectivity index (χ3v) is 3.62. The first-order valence-electron chi connectivity index (χ1n) is 6.60. The van der Waals surface area contributed by atoms with Crippen molar-refractivity contribution in [3.05, 3.63) is 71.3 Å². The molecule has 5 nitrogen and oxygen atoms in total. The lowest BCUT2D eigenvalue weighted by molar-refractivity contribution is -0.112. The summed E-state index contributed by atoms with van der Waals surface area (Å²) in [5.74, 6) is -0.249. The lowest BCUT2D eigenvalue weighted by Gasteiger charge is -2.14. The Labute approximate surface area is 136 Å². The molecule has 0 aliphatic carbocycles. The minimum Gasteiger partial charge on any atom is -0.289 e. The number of hydrogen-bond donors (Lipinski definition) is 2. The van der Waals surface area contributed by atoms with Gasteiger partial charge in [0.05, 0.1) is 17.1 Å². The number of anilines is 2. The lowest BCUT2D eigenvalue weighted by Crippen LogP contribution is -2.34. The van der Waals surface area contributed by atoms with E-state index >= 15 is 0 Å². The monoisotopic (exact) mass is 356 g/mol. The molecule has 0 radical (unpaired) electrons. The van der Waals surface area contributed by atoms with Gasteiger partial charge in [0, 0.05) is 4.47 Å². The Kier molecular flexibility index (Phi) is 3.93. The van der Waals surface area contributed by atoms with Gasteiger partial charge in [0.15, 0.2) is 5.71 Å². The first kappa shape index (κ1) is 14.3. The van der Waals surface area contributed by atoms with Crippen LogP contribution in [-0.2, 0) is 4.79 Å². The molecule has 0 spiro atoms. The molecule has 0 atom stereocenters. The van der Waals surface area contributed by atoms with Gasteiger partial charge in [-0.05, 0) is 36.4 Å². The second-order valence-electron chi connectivity index (χ2n) is 4.65. The Hall–Kier alpha value is -2.60. The fraction of sp³-hybridized carbons (Fsp3) is 0. The van der Waals surface area contributed by atoms with Crippen molar-refractivity contribution >= 4 is 38.9 Å². The summed E-state index contributed by atoms with van der Waals surface area (Å²) in [6, 6.07) is 16.8.